The quantitative estimate of drug-likeness (QED) is 0.522. The van der Waals surface area contributed by atoms with Crippen LogP contribution in [0.25, 0.3) is 0 Å². The number of nitrogens with two attached hydrogens (primary N) is 2. The predicted octanol–water partition coefficient (Wildman–Crippen LogP) is -0.460. The number of carbonyl (C=O) groups excluding carboxylic acids is 2. The van der Waals surface area contributed by atoms with Gasteiger partial charge in [0.25, 0.3) is 0 Å². The van der Waals surface area contributed by atoms with Crippen molar-refractivity contribution in [3.05, 3.63) is 22.7 Å². The summed E-state index contributed by atoms with van der Waals surface area (Å²) in [6, 6.07) is 1.91. The fourth-order valence-electron chi connectivity index (χ4n) is 1.87. The Balaban J connectivity index is 3.70. The molecule has 1 amide bonds. The molecule has 0 spiro atoms. The van der Waals surface area contributed by atoms with Crippen LogP contribution in [-0.2, 0) is 24.3 Å². The van der Waals surface area contributed by atoms with Crippen LogP contribution in [0.1, 0.15) is 17.3 Å². The molecule has 12 heteroatoms. The van der Waals surface area contributed by atoms with E-state index in [9.17, 15) is 22.8 Å². The fraction of sp³-hybridized carbons (Fsp3) is 0.308. The summed E-state index contributed by atoms with van der Waals surface area (Å²) in [4.78, 5) is 34.9. The van der Waals surface area contributed by atoms with Crippen molar-refractivity contribution in [3.8, 4) is 0 Å². The molecule has 0 heterocycles. The lowest BCUT2D eigenvalue weighted by Gasteiger charge is -2.23. The Hall–Kier alpha value is -2.21. The molecule has 0 unspecified atom stereocenters. The summed E-state index contributed by atoms with van der Waals surface area (Å²) in [5.41, 5.74) is 4.63. The molecule has 0 saturated carbocycles. The number of esters is 1. The third kappa shape index (κ3) is 5.13. The summed E-state index contributed by atoms with van der Waals surface area (Å²) in [7, 11) is -4.38. The second-order valence-corrected chi connectivity index (χ2v) is 6.56. The predicted molar refractivity (Wildman–Crippen MR) is 87.8 cm³/mol. The van der Waals surface area contributed by atoms with Crippen molar-refractivity contribution in [2.75, 3.05) is 24.6 Å². The molecule has 138 valence electrons. The van der Waals surface area contributed by atoms with Gasteiger partial charge in [0, 0.05) is 0 Å². The van der Waals surface area contributed by atoms with Crippen LogP contribution in [0.5, 0.6) is 0 Å². The van der Waals surface area contributed by atoms with Gasteiger partial charge in [0.2, 0.25) is 15.9 Å². The van der Waals surface area contributed by atoms with E-state index >= 15 is 0 Å². The van der Waals surface area contributed by atoms with E-state index in [2.05, 4.69) is 0 Å². The number of nitrogens with zero attached hydrogens (tertiary/aromatic N) is 1. The van der Waals surface area contributed by atoms with Crippen LogP contribution in [0, 0.1) is 0 Å². The zero-order chi connectivity index (χ0) is 19.4. The molecule has 0 aliphatic rings. The van der Waals surface area contributed by atoms with Gasteiger partial charge in [0.15, 0.2) is 0 Å². The number of primary sulfonamides is 1. The summed E-state index contributed by atoms with van der Waals surface area (Å²) in [6.07, 6.45) is 0. The van der Waals surface area contributed by atoms with Crippen LogP contribution < -0.4 is 15.8 Å². The normalized spacial score (nSPS) is 11.0. The van der Waals surface area contributed by atoms with Crippen molar-refractivity contribution in [1.29, 1.82) is 0 Å². The van der Waals surface area contributed by atoms with Crippen molar-refractivity contribution in [2.24, 2.45) is 10.9 Å². The third-order valence-electron chi connectivity index (χ3n) is 2.90. The van der Waals surface area contributed by atoms with Gasteiger partial charge in [-0.25, -0.2) is 18.4 Å². The summed E-state index contributed by atoms with van der Waals surface area (Å²) in [5.74, 6) is -3.16. The molecule has 25 heavy (non-hydrogen) atoms. The minimum atomic E-state index is -4.38. The van der Waals surface area contributed by atoms with Crippen molar-refractivity contribution in [3.63, 3.8) is 0 Å². The Morgan fingerprint density at radius 2 is 1.92 bits per heavy atom. The Kier molecular flexibility index (Phi) is 6.87. The Morgan fingerprint density at radius 3 is 2.36 bits per heavy atom. The van der Waals surface area contributed by atoms with Gasteiger partial charge in [-0.1, -0.05) is 11.6 Å². The van der Waals surface area contributed by atoms with Crippen LogP contribution in [0.4, 0.5) is 5.69 Å². The second kappa shape index (κ2) is 8.25. The van der Waals surface area contributed by atoms with Crippen LogP contribution in [0.3, 0.4) is 0 Å². The van der Waals surface area contributed by atoms with Crippen molar-refractivity contribution < 1.29 is 32.6 Å². The molecule has 1 aromatic rings. The van der Waals surface area contributed by atoms with Gasteiger partial charge >= 0.3 is 11.9 Å². The van der Waals surface area contributed by atoms with E-state index in [0.29, 0.717) is 4.90 Å². The molecule has 1 aromatic carbocycles. The van der Waals surface area contributed by atoms with E-state index in [4.69, 9.17) is 32.3 Å². The Morgan fingerprint density at radius 1 is 1.32 bits per heavy atom. The zero-order valence-electron chi connectivity index (χ0n) is 13.1. The maximum atomic E-state index is 12.0. The highest BCUT2D eigenvalue weighted by Gasteiger charge is 2.27. The Labute approximate surface area is 148 Å². The van der Waals surface area contributed by atoms with Gasteiger partial charge in [-0.2, -0.15) is 0 Å². The minimum Gasteiger partial charge on any atom is -0.480 e. The maximum absolute atomic E-state index is 12.0. The largest absolute Gasteiger partial charge is 0.480 e. The number of benzene rings is 1. The second-order valence-electron chi connectivity index (χ2n) is 4.65. The van der Waals surface area contributed by atoms with Crippen LogP contribution in [-0.4, -0.2) is 51.1 Å². The van der Waals surface area contributed by atoms with Gasteiger partial charge in [0.1, 0.15) is 11.4 Å². The molecule has 10 nitrogen and oxygen atoms in total. The maximum Gasteiger partial charge on any atom is 0.338 e. The monoisotopic (exact) mass is 393 g/mol. The number of sulfonamides is 1. The van der Waals surface area contributed by atoms with E-state index in [1.807, 2.05) is 0 Å². The highest BCUT2D eigenvalue weighted by atomic mass is 35.5. The number of ether oxygens (including phenoxy) is 1. The van der Waals surface area contributed by atoms with Gasteiger partial charge in [-0.05, 0) is 19.1 Å². The van der Waals surface area contributed by atoms with Crippen LogP contribution in [0.15, 0.2) is 17.0 Å². The van der Waals surface area contributed by atoms with Gasteiger partial charge < -0.3 is 15.6 Å². The van der Waals surface area contributed by atoms with Crippen LogP contribution >= 0.6 is 11.6 Å². The van der Waals surface area contributed by atoms with E-state index < -0.39 is 50.9 Å². The molecule has 0 aromatic heterocycles. The molecule has 0 radical (unpaired) electrons. The van der Waals surface area contributed by atoms with Crippen molar-refractivity contribution >= 4 is 45.2 Å². The van der Waals surface area contributed by atoms with E-state index in [0.717, 1.165) is 12.1 Å². The smallest absolute Gasteiger partial charge is 0.338 e. The number of carboxylic acids is 1. The highest BCUT2D eigenvalue weighted by Crippen LogP contribution is 2.33. The highest BCUT2D eigenvalue weighted by molar-refractivity contribution is 7.89. The number of aliphatic carboxylic acids is 1. The first-order valence-corrected chi connectivity index (χ1v) is 8.71. The molecule has 0 aliphatic carbocycles. The summed E-state index contributed by atoms with van der Waals surface area (Å²) >= 11 is 5.99. The van der Waals surface area contributed by atoms with Crippen molar-refractivity contribution in [2.45, 2.75) is 11.8 Å². The number of anilines is 1. The van der Waals surface area contributed by atoms with E-state index in [1.54, 1.807) is 0 Å². The van der Waals surface area contributed by atoms with E-state index in [-0.39, 0.29) is 17.9 Å². The lowest BCUT2D eigenvalue weighted by Crippen LogP contribution is -2.40. The molecule has 0 fully saturated rings. The van der Waals surface area contributed by atoms with Gasteiger partial charge in [-0.3, -0.25) is 14.5 Å². The first-order chi connectivity index (χ1) is 11.5. The number of hydrogen-bond donors (Lipinski definition) is 3. The molecular formula is C13H16ClN3O7S. The van der Waals surface area contributed by atoms with Gasteiger partial charge in [0.05, 0.1) is 29.4 Å². The molecular weight excluding hydrogens is 378 g/mol. The van der Waals surface area contributed by atoms with E-state index in [1.165, 1.54) is 6.92 Å². The fourth-order valence-corrected chi connectivity index (χ4v) is 3.05. The lowest BCUT2D eigenvalue weighted by molar-refractivity contribution is -0.136. The van der Waals surface area contributed by atoms with Crippen LogP contribution in [0.2, 0.25) is 5.02 Å². The molecule has 5 N–H and O–H groups in total. The SMILES string of the molecule is CCOC(=O)c1cc(N(CC(=O)O)C(=O)CN)c(Cl)c(S(N)(=O)=O)c1. The molecule has 0 bridgehead atoms. The minimum absolute atomic E-state index is 0.00206. The number of amides is 1. The zero-order valence-corrected chi connectivity index (χ0v) is 14.6. The Bertz CT molecular complexity index is 810. The number of halogens is 1. The molecule has 0 atom stereocenters. The topological polar surface area (TPSA) is 170 Å². The molecule has 0 aliphatic heterocycles. The first-order valence-electron chi connectivity index (χ1n) is 6.78. The first kappa shape index (κ1) is 20.8. The van der Waals surface area contributed by atoms with Gasteiger partial charge in [-0.15, -0.1) is 0 Å². The summed E-state index contributed by atoms with van der Waals surface area (Å²) < 4.78 is 28.2. The number of carbonyl (C=O) groups is 3. The average molecular weight is 394 g/mol. The summed E-state index contributed by atoms with van der Waals surface area (Å²) in [6.45, 7) is 0.107. The standard InChI is InChI=1S/C13H16ClN3O7S/c1-2-24-13(21)7-3-8(12(14)9(4-7)25(16,22)23)17(6-11(19)20)10(18)5-15/h3-4H,2,5-6,15H2,1H3,(H,19,20)(H2,16,22,23). The molecule has 0 saturated heterocycles. The third-order valence-corrected chi connectivity index (χ3v) is 4.34. The van der Waals surface area contributed by atoms with Crippen molar-refractivity contribution in [1.82, 2.24) is 0 Å². The number of rotatable bonds is 7. The number of hydrogen-bond acceptors (Lipinski definition) is 7. The summed E-state index contributed by atoms with van der Waals surface area (Å²) in [5, 5.41) is 13.5. The average Bonchev–Trinajstić information content (AvgIpc) is 2.51. The number of carboxylic acid groups (broad SMARTS) is 1. The molecule has 1 rings (SSSR count). The lowest BCUT2D eigenvalue weighted by atomic mass is 10.1.